The van der Waals surface area contributed by atoms with Crippen LogP contribution in [0, 0.1) is 0 Å². The van der Waals surface area contributed by atoms with Gasteiger partial charge in [0.05, 0.1) is 11.3 Å². The highest BCUT2D eigenvalue weighted by atomic mass is 32.2. The number of nitrogens with two attached hydrogens (primary N) is 1. The summed E-state index contributed by atoms with van der Waals surface area (Å²) in [5, 5.41) is 24.5. The predicted octanol–water partition coefficient (Wildman–Crippen LogP) is 4.16. The zero-order valence-electron chi connectivity index (χ0n) is 14.1. The van der Waals surface area contributed by atoms with Crippen molar-refractivity contribution in [3.8, 4) is 0 Å². The average molecular weight is 399 g/mol. The van der Waals surface area contributed by atoms with Crippen LogP contribution in [0.2, 0.25) is 0 Å². The Bertz CT molecular complexity index is 1220. The highest BCUT2D eigenvalue weighted by Crippen LogP contribution is 2.40. The zero-order chi connectivity index (χ0) is 20.3. The van der Waals surface area contributed by atoms with Gasteiger partial charge in [0.25, 0.3) is 10.1 Å². The van der Waals surface area contributed by atoms with Crippen molar-refractivity contribution in [2.24, 2.45) is 26.4 Å². The zero-order valence-corrected chi connectivity index (χ0v) is 14.9. The number of carboxylic acids is 1. The van der Waals surface area contributed by atoms with Crippen LogP contribution in [-0.4, -0.2) is 24.0 Å². The molecule has 0 aliphatic heterocycles. The van der Waals surface area contributed by atoms with E-state index in [1.165, 1.54) is 30.3 Å². The second-order valence-corrected chi connectivity index (χ2v) is 6.92. The molecule has 28 heavy (non-hydrogen) atoms. The van der Waals surface area contributed by atoms with Gasteiger partial charge < -0.3 is 10.9 Å². The average Bonchev–Trinajstić information content (AvgIpc) is 2.66. The van der Waals surface area contributed by atoms with Crippen molar-refractivity contribution in [1.29, 1.82) is 0 Å². The van der Waals surface area contributed by atoms with Gasteiger partial charge in [0.2, 0.25) is 0 Å². The van der Waals surface area contributed by atoms with E-state index < -0.39 is 16.1 Å². The fourth-order valence-corrected chi connectivity index (χ4v) is 3.26. The quantitative estimate of drug-likeness (QED) is 0.252. The third-order valence-corrected chi connectivity index (χ3v) is 4.67. The fraction of sp³-hybridized carbons (Fsp3) is 0. The molecule has 0 fully saturated rings. The van der Waals surface area contributed by atoms with E-state index in [-0.39, 0.29) is 27.2 Å². The third-order valence-electron chi connectivity index (χ3n) is 3.78. The highest BCUT2D eigenvalue weighted by Gasteiger charge is 2.19. The van der Waals surface area contributed by atoms with E-state index in [9.17, 15) is 17.8 Å². The van der Waals surface area contributed by atoms with Crippen molar-refractivity contribution in [2.45, 2.75) is 4.90 Å². The maximum atomic E-state index is 11.8. The van der Waals surface area contributed by atoms with E-state index in [1.54, 1.807) is 18.2 Å². The number of nitrogens with zero attached hydrogens (tertiary/aromatic N) is 4. The lowest BCUT2D eigenvalue weighted by atomic mass is 10.1. The lowest BCUT2D eigenvalue weighted by molar-refractivity contribution is 0.0697. The molecule has 4 N–H and O–H groups in total. The maximum absolute atomic E-state index is 11.8. The summed E-state index contributed by atoms with van der Waals surface area (Å²) in [6, 6.07) is 13.0. The minimum atomic E-state index is -4.55. The molecule has 3 aromatic carbocycles. The first-order valence-corrected chi connectivity index (χ1v) is 9.14. The second-order valence-electron chi connectivity index (χ2n) is 5.53. The number of rotatable bonds is 5. The van der Waals surface area contributed by atoms with Gasteiger partial charge >= 0.3 is 5.97 Å². The Kier molecular flexibility index (Phi) is 5.11. The van der Waals surface area contributed by atoms with Crippen molar-refractivity contribution in [3.63, 3.8) is 0 Å². The molecule has 0 saturated heterocycles. The van der Waals surface area contributed by atoms with Crippen LogP contribution in [0.3, 0.4) is 0 Å². The van der Waals surface area contributed by atoms with E-state index in [0.717, 1.165) is 6.07 Å². The Balaban J connectivity index is 2.19. The number of hydrogen-bond donors (Lipinski definition) is 3. The van der Waals surface area contributed by atoms with Crippen molar-refractivity contribution in [2.75, 3.05) is 0 Å². The molecular formula is C17H13N5O5S. The molecule has 0 saturated carbocycles. The molecule has 0 atom stereocenters. The monoisotopic (exact) mass is 399 g/mol. The lowest BCUT2D eigenvalue weighted by Crippen LogP contribution is -1.99. The Morgan fingerprint density at radius 1 is 0.929 bits per heavy atom. The first kappa shape index (κ1) is 19.1. The van der Waals surface area contributed by atoms with E-state index in [4.69, 9.17) is 10.9 Å². The summed E-state index contributed by atoms with van der Waals surface area (Å²) in [6.07, 6.45) is 0. The van der Waals surface area contributed by atoms with Crippen molar-refractivity contribution in [1.82, 2.24) is 0 Å². The van der Waals surface area contributed by atoms with Crippen molar-refractivity contribution in [3.05, 3.63) is 60.2 Å². The van der Waals surface area contributed by atoms with Crippen LogP contribution in [0.4, 0.5) is 17.1 Å². The lowest BCUT2D eigenvalue weighted by Gasteiger charge is -2.08. The Morgan fingerprint density at radius 3 is 2.14 bits per heavy atom. The van der Waals surface area contributed by atoms with Crippen molar-refractivity contribution >= 4 is 43.9 Å². The molecule has 0 radical (unpaired) electrons. The van der Waals surface area contributed by atoms with Crippen molar-refractivity contribution < 1.29 is 22.9 Å². The smallest absolute Gasteiger partial charge is 0.335 e. The third kappa shape index (κ3) is 3.84. The molecule has 0 amide bonds. The number of benzene rings is 3. The first-order chi connectivity index (χ1) is 13.3. The molecule has 142 valence electrons. The molecule has 0 aromatic heterocycles. The Morgan fingerprint density at radius 2 is 1.57 bits per heavy atom. The van der Waals surface area contributed by atoms with Gasteiger partial charge in [-0.2, -0.15) is 13.5 Å². The summed E-state index contributed by atoms with van der Waals surface area (Å²) in [6.45, 7) is 0. The van der Waals surface area contributed by atoms with E-state index >= 15 is 0 Å². The molecule has 0 spiro atoms. The molecule has 0 unspecified atom stereocenters. The molecular weight excluding hydrogens is 386 g/mol. The molecule has 0 aliphatic rings. The molecule has 11 heteroatoms. The molecule has 0 heterocycles. The van der Waals surface area contributed by atoms with Crippen LogP contribution in [0.5, 0.6) is 0 Å². The van der Waals surface area contributed by atoms with Gasteiger partial charge in [-0.05, 0) is 30.3 Å². The topological polar surface area (TPSA) is 167 Å². The largest absolute Gasteiger partial charge is 0.478 e. The summed E-state index contributed by atoms with van der Waals surface area (Å²) in [5.41, 5.74) is 0.567. The summed E-state index contributed by atoms with van der Waals surface area (Å²) in [7, 11) is -4.55. The number of carboxylic acid groups (broad SMARTS) is 1. The van der Waals surface area contributed by atoms with Gasteiger partial charge in [-0.15, -0.1) is 10.2 Å². The standard InChI is InChI=1S/C17H13N5O5S/c18-22-21-16-13-4-2-1-3-12(13)15(28(25,26)27)9-14(16)20-19-11-7-5-10(6-8-11)17(23)24/h1-9H,(H2,18,21)(H,23,24)(H,25,26,27). The van der Waals surface area contributed by atoms with Gasteiger partial charge in [0.15, 0.2) is 0 Å². The highest BCUT2D eigenvalue weighted by molar-refractivity contribution is 7.86. The predicted molar refractivity (Wildman–Crippen MR) is 100 cm³/mol. The molecule has 3 aromatic rings. The van der Waals surface area contributed by atoms with Crippen LogP contribution in [0.1, 0.15) is 10.4 Å². The van der Waals surface area contributed by atoms with Crippen LogP contribution in [0.15, 0.2) is 80.1 Å². The van der Waals surface area contributed by atoms with Gasteiger partial charge in [0.1, 0.15) is 16.3 Å². The van der Waals surface area contributed by atoms with Crippen LogP contribution in [0.25, 0.3) is 10.8 Å². The second kappa shape index (κ2) is 7.50. The Hall–Kier alpha value is -3.70. The van der Waals surface area contributed by atoms with Crippen LogP contribution in [-0.2, 0) is 10.1 Å². The van der Waals surface area contributed by atoms with Gasteiger partial charge in [-0.1, -0.05) is 29.5 Å². The number of carbonyl (C=O) groups is 1. The number of azo groups is 1. The van der Waals surface area contributed by atoms with Gasteiger partial charge in [0, 0.05) is 10.8 Å². The number of aromatic carboxylic acids is 1. The van der Waals surface area contributed by atoms with Gasteiger partial charge in [-0.25, -0.2) is 4.79 Å². The maximum Gasteiger partial charge on any atom is 0.335 e. The minimum Gasteiger partial charge on any atom is -0.478 e. The summed E-state index contributed by atoms with van der Waals surface area (Å²) >= 11 is 0. The van der Waals surface area contributed by atoms with E-state index in [2.05, 4.69) is 20.6 Å². The normalized spacial score (nSPS) is 12.2. The number of hydrogen-bond acceptors (Lipinski definition) is 7. The molecule has 3 rings (SSSR count). The van der Waals surface area contributed by atoms with Crippen LogP contribution >= 0.6 is 0 Å². The fourth-order valence-electron chi connectivity index (χ4n) is 2.55. The number of fused-ring (bicyclic) bond motifs is 1. The van der Waals surface area contributed by atoms with Crippen LogP contribution < -0.4 is 5.84 Å². The molecule has 0 aliphatic carbocycles. The Labute approximate surface area is 158 Å². The minimum absolute atomic E-state index is 0.00263. The SMILES string of the molecule is NN=Nc1c(N=Nc2ccc(C(=O)O)cc2)cc(S(=O)(=O)O)c2ccccc12. The van der Waals surface area contributed by atoms with E-state index in [1.807, 2.05) is 0 Å². The summed E-state index contributed by atoms with van der Waals surface area (Å²) < 4.78 is 33.2. The van der Waals surface area contributed by atoms with Gasteiger partial charge in [-0.3, -0.25) is 4.55 Å². The summed E-state index contributed by atoms with van der Waals surface area (Å²) in [5.74, 6) is 4.08. The molecule has 10 nitrogen and oxygen atoms in total. The first-order valence-electron chi connectivity index (χ1n) is 7.70. The van der Waals surface area contributed by atoms with E-state index in [0.29, 0.717) is 11.1 Å². The summed E-state index contributed by atoms with van der Waals surface area (Å²) in [4.78, 5) is 10.5. The molecule has 0 bridgehead atoms.